The first-order valence-electron chi connectivity index (χ1n) is 18.6. The van der Waals surface area contributed by atoms with Crippen molar-refractivity contribution in [2.24, 2.45) is 0 Å². The number of hydrogen-bond donors (Lipinski definition) is 0. The van der Waals surface area contributed by atoms with Crippen LogP contribution in [-0.2, 0) is 44.5 Å². The maximum atomic E-state index is 13.3. The molecule has 308 valence electrons. The Morgan fingerprint density at radius 1 is 0.550 bits per heavy atom. The molecule has 13 heteroatoms. The van der Waals surface area contributed by atoms with E-state index >= 15 is 0 Å². The molecule has 3 unspecified atom stereocenters. The smallest absolute Gasteiger partial charge is 0.343 e. The number of benzene rings is 4. The van der Waals surface area contributed by atoms with Crippen LogP contribution in [0.3, 0.4) is 0 Å². The molecule has 0 saturated heterocycles. The molecule has 60 heavy (non-hydrogen) atoms. The van der Waals surface area contributed by atoms with Crippen molar-refractivity contribution in [3.63, 3.8) is 0 Å². The normalized spacial score (nSPS) is 13.1. The van der Waals surface area contributed by atoms with Gasteiger partial charge in [-0.2, -0.15) is 0 Å². The summed E-state index contributed by atoms with van der Waals surface area (Å²) in [4.78, 5) is 72.7. The Labute approximate surface area is 346 Å². The van der Waals surface area contributed by atoms with E-state index in [1.807, 2.05) is 30.3 Å². The van der Waals surface area contributed by atoms with Gasteiger partial charge in [0.05, 0.1) is 5.56 Å². The molecule has 0 aliphatic heterocycles. The fourth-order valence-electron chi connectivity index (χ4n) is 6.08. The average Bonchev–Trinajstić information content (AvgIpc) is 3.54. The van der Waals surface area contributed by atoms with E-state index in [0.29, 0.717) is 22.8 Å². The van der Waals surface area contributed by atoms with Gasteiger partial charge >= 0.3 is 29.8 Å². The quantitative estimate of drug-likeness (QED) is 0.0281. The summed E-state index contributed by atoms with van der Waals surface area (Å²) in [5, 5.41) is 0. The second kappa shape index (κ2) is 20.8. The Kier molecular flexibility index (Phi) is 15.1. The van der Waals surface area contributed by atoms with Gasteiger partial charge in [-0.25, -0.2) is 24.0 Å². The van der Waals surface area contributed by atoms with Crippen LogP contribution in [0.1, 0.15) is 50.2 Å². The van der Waals surface area contributed by atoms with Gasteiger partial charge in [0.2, 0.25) is 0 Å². The van der Waals surface area contributed by atoms with Crippen LogP contribution < -0.4 is 14.2 Å². The highest BCUT2D eigenvalue weighted by Crippen LogP contribution is 2.46. The largest absolute Gasteiger partial charge is 0.490 e. The van der Waals surface area contributed by atoms with E-state index in [1.54, 1.807) is 42.5 Å². The highest BCUT2D eigenvalue weighted by Gasteiger charge is 2.27. The van der Waals surface area contributed by atoms with Gasteiger partial charge in [0, 0.05) is 42.2 Å². The summed E-state index contributed by atoms with van der Waals surface area (Å²) in [6.07, 6.45) is 2.31. The van der Waals surface area contributed by atoms with Crippen LogP contribution >= 0.6 is 0 Å². The topological polar surface area (TPSA) is 167 Å². The van der Waals surface area contributed by atoms with E-state index in [4.69, 9.17) is 33.2 Å². The molecule has 1 aliphatic rings. The minimum Gasteiger partial charge on any atom is -0.490 e. The molecular weight excluding hydrogens is 773 g/mol. The fraction of sp³-hybridized carbons (Fsp3) is 0.191. The Balaban J connectivity index is 1.15. The third-order valence-electron chi connectivity index (χ3n) is 9.13. The number of fused-ring (bicyclic) bond motifs is 3. The minimum absolute atomic E-state index is 0.0405. The van der Waals surface area contributed by atoms with E-state index in [-0.39, 0.29) is 50.1 Å². The van der Waals surface area contributed by atoms with Crippen molar-refractivity contribution in [3.8, 4) is 28.4 Å². The number of hydrogen-bond acceptors (Lipinski definition) is 13. The predicted octanol–water partition coefficient (Wildman–Crippen LogP) is 6.88. The molecular formula is C47H42O13. The SMILES string of the molecule is C=CC(=O)OCC(COc1ccc(C(=O)Cc2ccc3c(c2)C(C)c2cc(OC(=O)c4ccc(OCC(COC(=O)C=C)OC(=O)C=C)cc4)ccc2-3)cc1)OC(=O)C=C. The molecule has 0 amide bonds. The molecule has 0 heterocycles. The van der Waals surface area contributed by atoms with Crippen molar-refractivity contribution in [2.75, 3.05) is 26.4 Å². The summed E-state index contributed by atoms with van der Waals surface area (Å²) < 4.78 is 37.5. The van der Waals surface area contributed by atoms with Gasteiger partial charge < -0.3 is 33.2 Å². The molecule has 0 aromatic heterocycles. The van der Waals surface area contributed by atoms with Crippen LogP contribution in [0.4, 0.5) is 0 Å². The first-order valence-corrected chi connectivity index (χ1v) is 18.6. The van der Waals surface area contributed by atoms with Crippen molar-refractivity contribution in [3.05, 3.63) is 163 Å². The lowest BCUT2D eigenvalue weighted by molar-refractivity contribution is -0.154. The molecule has 1 aliphatic carbocycles. The molecule has 0 fully saturated rings. The molecule has 0 saturated carbocycles. The van der Waals surface area contributed by atoms with Gasteiger partial charge in [-0.05, 0) is 88.5 Å². The van der Waals surface area contributed by atoms with Crippen molar-refractivity contribution in [1.82, 2.24) is 0 Å². The molecule has 3 atom stereocenters. The van der Waals surface area contributed by atoms with Gasteiger partial charge in [-0.1, -0.05) is 57.5 Å². The summed E-state index contributed by atoms with van der Waals surface area (Å²) in [5.41, 5.74) is 5.64. The third-order valence-corrected chi connectivity index (χ3v) is 9.13. The van der Waals surface area contributed by atoms with E-state index in [9.17, 15) is 28.8 Å². The van der Waals surface area contributed by atoms with Crippen molar-refractivity contribution >= 4 is 35.6 Å². The summed E-state index contributed by atoms with van der Waals surface area (Å²) in [6, 6.07) is 24.2. The highest BCUT2D eigenvalue weighted by molar-refractivity contribution is 5.98. The van der Waals surface area contributed by atoms with E-state index < -0.39 is 42.1 Å². The molecule has 5 rings (SSSR count). The summed E-state index contributed by atoms with van der Waals surface area (Å²) in [7, 11) is 0. The van der Waals surface area contributed by atoms with E-state index in [0.717, 1.165) is 52.1 Å². The monoisotopic (exact) mass is 814 g/mol. The van der Waals surface area contributed by atoms with Gasteiger partial charge in [-0.3, -0.25) is 4.79 Å². The van der Waals surface area contributed by atoms with Gasteiger partial charge in [-0.15, -0.1) is 0 Å². The van der Waals surface area contributed by atoms with Gasteiger partial charge in [0.25, 0.3) is 0 Å². The maximum absolute atomic E-state index is 13.3. The maximum Gasteiger partial charge on any atom is 0.343 e. The standard InChI is InChI=1S/C47H42O13/c1-6-43(49)56-27-36(58-45(51)8-3)25-54-33-15-11-31(12-16-33)42(48)23-30-10-20-38-39-21-19-35(24-41(39)29(5)40(38)22-30)60-47(53)32-13-17-34(18-14-32)55-26-37(59-46(52)9-4)28-57-44(50)7-2/h6-22,24,29,36-37H,1-4,23,25-28H2,5H3. The van der Waals surface area contributed by atoms with Crippen LogP contribution in [0, 0.1) is 0 Å². The van der Waals surface area contributed by atoms with E-state index in [1.165, 1.54) is 12.1 Å². The molecule has 4 aromatic rings. The molecule has 0 radical (unpaired) electrons. The van der Waals surface area contributed by atoms with Crippen LogP contribution in [-0.4, -0.2) is 74.3 Å². The number of carbonyl (C=O) groups excluding carboxylic acids is 6. The van der Waals surface area contributed by atoms with Crippen LogP contribution in [0.15, 0.2) is 136 Å². The zero-order valence-corrected chi connectivity index (χ0v) is 32.8. The summed E-state index contributed by atoms with van der Waals surface area (Å²) in [5.74, 6) is -2.32. The zero-order valence-electron chi connectivity index (χ0n) is 32.8. The van der Waals surface area contributed by atoms with Crippen LogP contribution in [0.5, 0.6) is 17.2 Å². The Morgan fingerprint density at radius 2 is 1.00 bits per heavy atom. The summed E-state index contributed by atoms with van der Waals surface area (Å²) >= 11 is 0. The number of rotatable bonds is 21. The second-order valence-electron chi connectivity index (χ2n) is 13.2. The Hall–Kier alpha value is -7.54. The zero-order chi connectivity index (χ0) is 43.2. The Bertz CT molecular complexity index is 2130. The molecule has 4 aromatic carbocycles. The van der Waals surface area contributed by atoms with Crippen LogP contribution in [0.25, 0.3) is 11.1 Å². The number of ketones is 1. The number of Topliss-reactive ketones (excluding diaryl/α,β-unsaturated/α-hetero) is 1. The lowest BCUT2D eigenvalue weighted by Gasteiger charge is -2.17. The number of carbonyl (C=O) groups is 6. The number of esters is 5. The molecule has 13 nitrogen and oxygen atoms in total. The van der Waals surface area contributed by atoms with Crippen molar-refractivity contribution in [2.45, 2.75) is 31.5 Å². The fourth-order valence-corrected chi connectivity index (χ4v) is 6.08. The van der Waals surface area contributed by atoms with Gasteiger partial charge in [0.15, 0.2) is 18.0 Å². The lowest BCUT2D eigenvalue weighted by Crippen LogP contribution is -2.30. The lowest BCUT2D eigenvalue weighted by atomic mass is 9.95. The summed E-state index contributed by atoms with van der Waals surface area (Å²) in [6.45, 7) is 14.7. The molecule has 0 spiro atoms. The average molecular weight is 815 g/mol. The first kappa shape index (κ1) is 43.6. The van der Waals surface area contributed by atoms with Crippen LogP contribution in [0.2, 0.25) is 0 Å². The third kappa shape index (κ3) is 11.8. The number of ether oxygens (including phenoxy) is 7. The molecule has 0 N–H and O–H groups in total. The van der Waals surface area contributed by atoms with Crippen molar-refractivity contribution in [1.29, 1.82) is 0 Å². The minimum atomic E-state index is -0.909. The first-order chi connectivity index (χ1) is 28.9. The molecule has 0 bridgehead atoms. The van der Waals surface area contributed by atoms with E-state index in [2.05, 4.69) is 33.2 Å². The highest BCUT2D eigenvalue weighted by atomic mass is 16.6. The predicted molar refractivity (Wildman–Crippen MR) is 219 cm³/mol. The second-order valence-corrected chi connectivity index (χ2v) is 13.2. The van der Waals surface area contributed by atoms with Crippen molar-refractivity contribution < 1.29 is 61.9 Å². The van der Waals surface area contributed by atoms with Gasteiger partial charge in [0.1, 0.15) is 43.7 Å². The Morgan fingerprint density at radius 3 is 1.50 bits per heavy atom.